The zero-order valence-electron chi connectivity index (χ0n) is 16.9. The van der Waals surface area contributed by atoms with E-state index in [-0.39, 0.29) is 28.4 Å². The molecule has 0 heterocycles. The van der Waals surface area contributed by atoms with E-state index < -0.39 is 5.97 Å². The molecule has 0 spiro atoms. The predicted molar refractivity (Wildman–Crippen MR) is 124 cm³/mol. The zero-order chi connectivity index (χ0) is 22.6. The Morgan fingerprint density at radius 2 is 1.58 bits per heavy atom. The molecule has 2 aromatic carbocycles. The summed E-state index contributed by atoms with van der Waals surface area (Å²) in [5, 5.41) is 5.64. The number of para-hydroxylation sites is 1. The lowest BCUT2D eigenvalue weighted by Crippen LogP contribution is -2.44. The zero-order valence-corrected chi connectivity index (χ0v) is 18.5. The summed E-state index contributed by atoms with van der Waals surface area (Å²) in [6, 6.07) is 13.6. The fourth-order valence-corrected chi connectivity index (χ4v) is 3.08. The lowest BCUT2D eigenvalue weighted by Gasteiger charge is -2.13. The van der Waals surface area contributed by atoms with Crippen molar-refractivity contribution in [2.45, 2.75) is 0 Å². The molecule has 0 atom stereocenters. The third kappa shape index (κ3) is 8.15. The molecule has 11 heteroatoms. The number of hydrogen-bond donors (Lipinski definition) is 4. The van der Waals surface area contributed by atoms with Crippen molar-refractivity contribution in [2.24, 2.45) is 0 Å². The summed E-state index contributed by atoms with van der Waals surface area (Å²) < 4.78 is 9.77. The largest absolute Gasteiger partial charge is 0.497 e. The highest BCUT2D eigenvalue weighted by molar-refractivity contribution is 8.00. The number of esters is 1. The first-order valence-electron chi connectivity index (χ1n) is 8.97. The van der Waals surface area contributed by atoms with Crippen LogP contribution in [0.15, 0.2) is 48.5 Å². The maximum atomic E-state index is 12.0. The van der Waals surface area contributed by atoms with Crippen LogP contribution in [-0.4, -0.2) is 48.6 Å². The molecule has 0 saturated carbocycles. The van der Waals surface area contributed by atoms with E-state index in [2.05, 4.69) is 21.5 Å². The van der Waals surface area contributed by atoms with Crippen molar-refractivity contribution in [2.75, 3.05) is 36.4 Å². The Kier molecular flexibility index (Phi) is 9.59. The van der Waals surface area contributed by atoms with Gasteiger partial charge in [0.15, 0.2) is 5.11 Å². The molecule has 2 rings (SSSR count). The Labute approximate surface area is 189 Å². The van der Waals surface area contributed by atoms with Crippen LogP contribution in [-0.2, 0) is 14.3 Å². The molecule has 31 heavy (non-hydrogen) atoms. The lowest BCUT2D eigenvalue weighted by atomic mass is 10.2. The second-order valence-corrected chi connectivity index (χ2v) is 7.33. The number of hydrogen-bond acceptors (Lipinski definition) is 7. The molecule has 0 bridgehead atoms. The van der Waals surface area contributed by atoms with Gasteiger partial charge in [-0.1, -0.05) is 12.1 Å². The monoisotopic (exact) mass is 462 g/mol. The Hall–Kier alpha value is -3.31. The molecule has 0 unspecified atom stereocenters. The maximum Gasteiger partial charge on any atom is 0.339 e. The molecule has 4 N–H and O–H groups in total. The van der Waals surface area contributed by atoms with Crippen molar-refractivity contribution >= 4 is 58.3 Å². The standard InChI is InChI=1S/C20H22N4O5S2/c1-28-14-9-7-13(8-10-14)21-17(25)11-31-12-18(26)23-24-20(30)22-16-6-4-3-5-15(16)19(27)29-2/h3-10H,11-12H2,1-2H3,(H,21,25)(H,23,26)(H2,22,24,30). The van der Waals surface area contributed by atoms with E-state index >= 15 is 0 Å². The highest BCUT2D eigenvalue weighted by Crippen LogP contribution is 2.16. The average Bonchev–Trinajstić information content (AvgIpc) is 2.78. The summed E-state index contributed by atoms with van der Waals surface area (Å²) >= 11 is 6.26. The smallest absolute Gasteiger partial charge is 0.339 e. The molecule has 0 radical (unpaired) electrons. The van der Waals surface area contributed by atoms with Gasteiger partial charge in [-0.25, -0.2) is 4.79 Å². The van der Waals surface area contributed by atoms with Crippen molar-refractivity contribution < 1.29 is 23.9 Å². The van der Waals surface area contributed by atoms with Crippen LogP contribution in [0.25, 0.3) is 0 Å². The number of thioether (sulfide) groups is 1. The molecule has 0 saturated heterocycles. The van der Waals surface area contributed by atoms with Gasteiger partial charge in [-0.3, -0.25) is 20.4 Å². The molecule has 0 aliphatic rings. The first-order valence-corrected chi connectivity index (χ1v) is 10.5. The van der Waals surface area contributed by atoms with E-state index in [1.807, 2.05) is 0 Å². The van der Waals surface area contributed by atoms with Gasteiger partial charge < -0.3 is 20.1 Å². The quantitative estimate of drug-likeness (QED) is 0.266. The number of ether oxygens (including phenoxy) is 2. The second kappa shape index (κ2) is 12.4. The van der Waals surface area contributed by atoms with Crippen LogP contribution in [0.5, 0.6) is 5.75 Å². The number of hydrazine groups is 1. The minimum atomic E-state index is -0.515. The van der Waals surface area contributed by atoms with Crippen LogP contribution in [0.4, 0.5) is 11.4 Å². The Balaban J connectivity index is 1.69. The van der Waals surface area contributed by atoms with Gasteiger partial charge in [-0.2, -0.15) is 0 Å². The van der Waals surface area contributed by atoms with Crippen LogP contribution in [0, 0.1) is 0 Å². The van der Waals surface area contributed by atoms with Crippen LogP contribution < -0.4 is 26.2 Å². The van der Waals surface area contributed by atoms with Gasteiger partial charge in [0, 0.05) is 5.69 Å². The van der Waals surface area contributed by atoms with E-state index in [4.69, 9.17) is 21.7 Å². The predicted octanol–water partition coefficient (Wildman–Crippen LogP) is 2.17. The molecule has 9 nitrogen and oxygen atoms in total. The number of anilines is 2. The summed E-state index contributed by atoms with van der Waals surface area (Å²) in [5.41, 5.74) is 6.35. The van der Waals surface area contributed by atoms with Gasteiger partial charge in [-0.15, -0.1) is 11.8 Å². The van der Waals surface area contributed by atoms with Gasteiger partial charge in [0.2, 0.25) is 11.8 Å². The minimum absolute atomic E-state index is 0.0460. The minimum Gasteiger partial charge on any atom is -0.497 e. The van der Waals surface area contributed by atoms with Crippen molar-refractivity contribution in [3.05, 3.63) is 54.1 Å². The van der Waals surface area contributed by atoms with Crippen molar-refractivity contribution in [3.63, 3.8) is 0 Å². The fourth-order valence-electron chi connectivity index (χ4n) is 2.30. The number of thiocarbonyl (C=S) groups is 1. The average molecular weight is 463 g/mol. The van der Waals surface area contributed by atoms with E-state index in [0.717, 1.165) is 11.8 Å². The second-order valence-electron chi connectivity index (χ2n) is 5.93. The van der Waals surface area contributed by atoms with E-state index in [1.165, 1.54) is 7.11 Å². The summed E-state index contributed by atoms with van der Waals surface area (Å²) in [4.78, 5) is 35.6. The molecule has 164 valence electrons. The molecule has 0 aliphatic heterocycles. The molecule has 0 fully saturated rings. The summed E-state index contributed by atoms with van der Waals surface area (Å²) in [5.74, 6) is -0.267. The van der Waals surface area contributed by atoms with E-state index in [1.54, 1.807) is 55.6 Å². The van der Waals surface area contributed by atoms with Gasteiger partial charge in [-0.05, 0) is 48.6 Å². The van der Waals surface area contributed by atoms with Crippen LogP contribution in [0.2, 0.25) is 0 Å². The molecule has 2 aromatic rings. The molecular formula is C20H22N4O5S2. The topological polar surface area (TPSA) is 118 Å². The van der Waals surface area contributed by atoms with Gasteiger partial charge in [0.25, 0.3) is 0 Å². The number of rotatable bonds is 8. The van der Waals surface area contributed by atoms with Crippen LogP contribution in [0.3, 0.4) is 0 Å². The lowest BCUT2D eigenvalue weighted by molar-refractivity contribution is -0.119. The Bertz CT molecular complexity index is 937. The van der Waals surface area contributed by atoms with E-state index in [0.29, 0.717) is 22.7 Å². The summed E-state index contributed by atoms with van der Waals surface area (Å²) in [6.45, 7) is 0. The SMILES string of the molecule is COC(=O)c1ccccc1NC(=S)NNC(=O)CSCC(=O)Nc1ccc(OC)cc1. The Morgan fingerprint density at radius 1 is 0.903 bits per heavy atom. The number of benzene rings is 2. The molecule has 0 aliphatic carbocycles. The molecular weight excluding hydrogens is 440 g/mol. The Morgan fingerprint density at radius 3 is 2.26 bits per heavy atom. The fraction of sp³-hybridized carbons (Fsp3) is 0.200. The third-order valence-corrected chi connectivity index (χ3v) is 4.87. The number of amides is 2. The first kappa shape index (κ1) is 24.0. The number of carbonyl (C=O) groups excluding carboxylic acids is 3. The van der Waals surface area contributed by atoms with Gasteiger partial charge >= 0.3 is 5.97 Å². The highest BCUT2D eigenvalue weighted by atomic mass is 32.2. The number of carbonyl (C=O) groups is 3. The van der Waals surface area contributed by atoms with Crippen LogP contribution in [0.1, 0.15) is 10.4 Å². The maximum absolute atomic E-state index is 12.0. The van der Waals surface area contributed by atoms with Crippen LogP contribution >= 0.6 is 24.0 Å². The number of nitrogens with one attached hydrogen (secondary N) is 4. The van der Waals surface area contributed by atoms with E-state index in [9.17, 15) is 14.4 Å². The normalized spacial score (nSPS) is 9.87. The van der Waals surface area contributed by atoms with Gasteiger partial charge in [0.1, 0.15) is 5.75 Å². The third-order valence-electron chi connectivity index (χ3n) is 3.74. The van der Waals surface area contributed by atoms with Gasteiger partial charge in [0.05, 0.1) is 37.0 Å². The highest BCUT2D eigenvalue weighted by Gasteiger charge is 2.12. The molecule has 0 aromatic heterocycles. The van der Waals surface area contributed by atoms with Crippen molar-refractivity contribution in [1.82, 2.24) is 10.9 Å². The summed E-state index contributed by atoms with van der Waals surface area (Å²) in [6.07, 6.45) is 0. The van der Waals surface area contributed by atoms with Crippen molar-refractivity contribution in [1.29, 1.82) is 0 Å². The number of methoxy groups -OCH3 is 2. The molecule has 2 amide bonds. The first-order chi connectivity index (χ1) is 14.9. The summed E-state index contributed by atoms with van der Waals surface area (Å²) in [7, 11) is 2.85. The van der Waals surface area contributed by atoms with Crippen molar-refractivity contribution in [3.8, 4) is 5.75 Å².